The maximum atomic E-state index is 10.8. The Hall–Kier alpha value is 0.610. The van der Waals surface area contributed by atoms with Gasteiger partial charge in [-0.3, -0.25) is 4.18 Å². The second kappa shape index (κ2) is 32.1. The van der Waals surface area contributed by atoms with Crippen molar-refractivity contribution in [1.82, 2.24) is 0 Å². The van der Waals surface area contributed by atoms with E-state index in [1.165, 1.54) is 141 Å². The van der Waals surface area contributed by atoms with Crippen molar-refractivity contribution in [3.05, 3.63) is 12.2 Å². The van der Waals surface area contributed by atoms with Crippen LogP contribution in [0.4, 0.5) is 0 Å². The Bertz CT molecular complexity index is 580. The van der Waals surface area contributed by atoms with Crippen LogP contribution in [-0.4, -0.2) is 19.6 Å². The summed E-state index contributed by atoms with van der Waals surface area (Å²) in [6, 6.07) is 0. The first kappa shape index (κ1) is 40.7. The van der Waals surface area contributed by atoms with Crippen molar-refractivity contribution in [3.8, 4) is 0 Å². The average molecular weight is 567 g/mol. The van der Waals surface area contributed by atoms with Gasteiger partial charge in [-0.2, -0.15) is 0 Å². The first-order valence-corrected chi connectivity index (χ1v) is 17.6. The molecule has 0 aliphatic rings. The van der Waals surface area contributed by atoms with Crippen molar-refractivity contribution in [3.63, 3.8) is 0 Å². The molecule has 0 saturated heterocycles. The van der Waals surface area contributed by atoms with Crippen molar-refractivity contribution in [2.75, 3.05) is 6.61 Å². The molecule has 0 aliphatic carbocycles. The molecule has 4 nitrogen and oxygen atoms in total. The van der Waals surface area contributed by atoms with Crippen LogP contribution in [0.1, 0.15) is 181 Å². The second-order valence-electron chi connectivity index (χ2n) is 11.2. The Morgan fingerprint density at radius 2 is 0.921 bits per heavy atom. The summed E-state index contributed by atoms with van der Waals surface area (Å²) in [6.07, 6.45) is 38.3. The largest absolute Gasteiger partial charge is 1.00 e. The third-order valence-electron chi connectivity index (χ3n) is 7.49. The van der Waals surface area contributed by atoms with Crippen LogP contribution in [0.15, 0.2) is 12.2 Å². The van der Waals surface area contributed by atoms with E-state index in [1.807, 2.05) is 0 Å². The number of hydrogen-bond acceptors (Lipinski definition) is 4. The van der Waals surface area contributed by atoms with Crippen LogP contribution in [0, 0.1) is 5.92 Å². The average Bonchev–Trinajstić information content (AvgIpc) is 2.87. The fourth-order valence-corrected chi connectivity index (χ4v) is 5.39. The molecule has 0 aromatic carbocycles. The van der Waals surface area contributed by atoms with Gasteiger partial charge in [0.05, 0.1) is 6.61 Å². The van der Waals surface area contributed by atoms with E-state index in [0.717, 1.165) is 25.7 Å². The summed E-state index contributed by atoms with van der Waals surface area (Å²) >= 11 is 0. The summed E-state index contributed by atoms with van der Waals surface area (Å²) in [7, 11) is -4.61. The van der Waals surface area contributed by atoms with E-state index in [2.05, 4.69) is 30.2 Å². The smallest absolute Gasteiger partial charge is 0.726 e. The van der Waals surface area contributed by atoms with E-state index in [0.29, 0.717) is 0 Å². The SMILES string of the molecule is CCCCCCCCCCCCCCCCCCCC/C=C/C(CCCCCCCC)COS(=O)(=O)[O-].[Na+]. The molecule has 0 aromatic heterocycles. The predicted octanol–water partition coefficient (Wildman–Crippen LogP) is 7.82. The maximum absolute atomic E-state index is 10.8. The summed E-state index contributed by atoms with van der Waals surface area (Å²) in [5.41, 5.74) is 0. The Labute approximate surface area is 261 Å². The molecule has 0 rings (SSSR count). The minimum Gasteiger partial charge on any atom is -0.726 e. The molecule has 0 bridgehead atoms. The van der Waals surface area contributed by atoms with Gasteiger partial charge in [0.2, 0.25) is 10.4 Å². The van der Waals surface area contributed by atoms with Gasteiger partial charge in [-0.25, -0.2) is 8.42 Å². The number of rotatable bonds is 30. The van der Waals surface area contributed by atoms with Crippen LogP contribution in [0.3, 0.4) is 0 Å². The normalized spacial score (nSPS) is 12.7. The van der Waals surface area contributed by atoms with Gasteiger partial charge in [0, 0.05) is 5.92 Å². The van der Waals surface area contributed by atoms with Crippen LogP contribution in [-0.2, 0) is 14.6 Å². The minimum atomic E-state index is -4.61. The summed E-state index contributed by atoms with van der Waals surface area (Å²) in [5, 5.41) is 0. The van der Waals surface area contributed by atoms with Crippen molar-refractivity contribution < 1.29 is 46.7 Å². The van der Waals surface area contributed by atoms with Gasteiger partial charge in [0.15, 0.2) is 0 Å². The summed E-state index contributed by atoms with van der Waals surface area (Å²) < 4.78 is 37.1. The molecule has 0 fully saturated rings. The molecule has 1 atom stereocenters. The molecule has 1 unspecified atom stereocenters. The Morgan fingerprint density at radius 3 is 1.29 bits per heavy atom. The minimum absolute atomic E-state index is 0. The van der Waals surface area contributed by atoms with Gasteiger partial charge in [0.25, 0.3) is 0 Å². The first-order chi connectivity index (χ1) is 18.0. The molecule has 0 heterocycles. The number of hydrogen-bond donors (Lipinski definition) is 0. The Balaban J connectivity index is 0. The fraction of sp³-hybridized carbons (Fsp3) is 0.938. The summed E-state index contributed by atoms with van der Waals surface area (Å²) in [5.74, 6) is 0.0189. The van der Waals surface area contributed by atoms with E-state index in [-0.39, 0.29) is 42.1 Å². The standard InChI is InChI=1S/C32H64O4S.Na/c1-3-5-7-9-11-12-13-14-15-16-17-18-19-20-21-22-23-24-26-28-30-32(31-36-37(33,34)35)29-27-25-10-8-6-4-2;/h28,30,32H,3-27,29,31H2,1-2H3,(H,33,34,35);/q;+1/p-1/b30-28+;. The molecular weight excluding hydrogens is 503 g/mol. The number of unbranched alkanes of at least 4 members (excludes halogenated alkanes) is 23. The van der Waals surface area contributed by atoms with Gasteiger partial charge >= 0.3 is 29.6 Å². The summed E-state index contributed by atoms with van der Waals surface area (Å²) in [4.78, 5) is 0. The van der Waals surface area contributed by atoms with E-state index < -0.39 is 10.4 Å². The van der Waals surface area contributed by atoms with Gasteiger partial charge in [-0.15, -0.1) is 0 Å². The van der Waals surface area contributed by atoms with Gasteiger partial charge in [-0.1, -0.05) is 174 Å². The maximum Gasteiger partial charge on any atom is 1.00 e. The van der Waals surface area contributed by atoms with Crippen LogP contribution in [0.25, 0.3) is 0 Å². The Morgan fingerprint density at radius 1 is 0.579 bits per heavy atom. The molecule has 38 heavy (non-hydrogen) atoms. The van der Waals surface area contributed by atoms with Crippen molar-refractivity contribution >= 4 is 10.4 Å². The van der Waals surface area contributed by atoms with E-state index in [9.17, 15) is 13.0 Å². The zero-order valence-corrected chi connectivity index (χ0v) is 28.7. The Kier molecular flexibility index (Phi) is 34.5. The van der Waals surface area contributed by atoms with Crippen LogP contribution in [0.2, 0.25) is 0 Å². The predicted molar refractivity (Wildman–Crippen MR) is 160 cm³/mol. The molecule has 0 saturated carbocycles. The van der Waals surface area contributed by atoms with Gasteiger partial charge < -0.3 is 4.55 Å². The van der Waals surface area contributed by atoms with Gasteiger partial charge in [0.1, 0.15) is 0 Å². The fourth-order valence-electron chi connectivity index (χ4n) is 5.05. The molecule has 0 N–H and O–H groups in total. The van der Waals surface area contributed by atoms with Crippen molar-refractivity contribution in [2.45, 2.75) is 181 Å². The monoisotopic (exact) mass is 566 g/mol. The number of allylic oxidation sites excluding steroid dienone is 1. The third kappa shape index (κ3) is 34.6. The quantitative estimate of drug-likeness (QED) is 0.0292. The zero-order chi connectivity index (χ0) is 27.3. The molecule has 222 valence electrons. The van der Waals surface area contributed by atoms with Crippen molar-refractivity contribution in [1.29, 1.82) is 0 Å². The molecular formula is C32H63NaO4S. The van der Waals surface area contributed by atoms with E-state index in [4.69, 9.17) is 0 Å². The molecule has 6 heteroatoms. The molecule has 0 aliphatic heterocycles. The van der Waals surface area contributed by atoms with Crippen LogP contribution in [0.5, 0.6) is 0 Å². The van der Waals surface area contributed by atoms with Crippen LogP contribution >= 0.6 is 0 Å². The molecule has 0 radical (unpaired) electrons. The van der Waals surface area contributed by atoms with Crippen molar-refractivity contribution in [2.24, 2.45) is 5.92 Å². The molecule has 0 aromatic rings. The summed E-state index contributed by atoms with van der Waals surface area (Å²) in [6.45, 7) is 4.48. The topological polar surface area (TPSA) is 66.4 Å². The molecule has 0 amide bonds. The molecule has 0 spiro atoms. The first-order valence-electron chi connectivity index (χ1n) is 16.3. The second-order valence-corrected chi connectivity index (χ2v) is 12.3. The van der Waals surface area contributed by atoms with E-state index in [1.54, 1.807) is 0 Å². The van der Waals surface area contributed by atoms with E-state index >= 15 is 0 Å². The third-order valence-corrected chi connectivity index (χ3v) is 7.91. The van der Waals surface area contributed by atoms with Gasteiger partial charge in [-0.05, 0) is 19.3 Å². The van der Waals surface area contributed by atoms with Crippen LogP contribution < -0.4 is 29.6 Å². The zero-order valence-electron chi connectivity index (χ0n) is 25.9.